The molecule has 2 aromatic heterocycles. The van der Waals surface area contributed by atoms with Crippen LogP contribution in [0, 0.1) is 0 Å². The van der Waals surface area contributed by atoms with Gasteiger partial charge in [-0.2, -0.15) is 0 Å². The normalized spacial score (nSPS) is 12.9. The van der Waals surface area contributed by atoms with E-state index in [2.05, 4.69) is 15.3 Å². The van der Waals surface area contributed by atoms with Gasteiger partial charge in [0.2, 0.25) is 0 Å². The fourth-order valence-corrected chi connectivity index (χ4v) is 4.41. The van der Waals surface area contributed by atoms with Crippen LogP contribution in [0.4, 0.5) is 11.6 Å². The number of amides is 2. The van der Waals surface area contributed by atoms with E-state index < -0.39 is 24.0 Å². The second-order valence-electron chi connectivity index (χ2n) is 8.33. The Balaban J connectivity index is 1.60. The molecule has 0 saturated carbocycles. The summed E-state index contributed by atoms with van der Waals surface area (Å²) in [7, 11) is 1.53. The summed E-state index contributed by atoms with van der Waals surface area (Å²) in [4.78, 5) is 32.8. The third kappa shape index (κ3) is 4.10. The molecule has 0 spiro atoms. The number of aromatic amines is 1. The molecule has 0 aliphatic rings. The lowest BCUT2D eigenvalue weighted by atomic mass is 9.99. The number of carbonyl (C=O) groups is 2. The number of nitrogens with one attached hydrogen (secondary N) is 2. The van der Waals surface area contributed by atoms with Gasteiger partial charge in [0.15, 0.2) is 12.1 Å². The van der Waals surface area contributed by atoms with Gasteiger partial charge in [-0.25, -0.2) is 4.98 Å². The van der Waals surface area contributed by atoms with Gasteiger partial charge in [0.1, 0.15) is 11.4 Å². The number of nitrogen functional groups attached to an aromatic ring is 1. The van der Waals surface area contributed by atoms with Crippen LogP contribution in [0.3, 0.4) is 0 Å². The third-order valence-electron chi connectivity index (χ3n) is 6.06. The highest BCUT2D eigenvalue weighted by atomic mass is 16.5. The number of fused-ring (bicyclic) bond motifs is 2. The first kappa shape index (κ1) is 22.9. The van der Waals surface area contributed by atoms with Crippen molar-refractivity contribution in [3.8, 4) is 5.75 Å². The number of H-pyrrole nitrogens is 1. The Morgan fingerprint density at radius 2 is 1.86 bits per heavy atom. The van der Waals surface area contributed by atoms with Crippen molar-refractivity contribution in [2.45, 2.75) is 12.1 Å². The quantitative estimate of drug-likeness (QED) is 0.239. The summed E-state index contributed by atoms with van der Waals surface area (Å²) in [6.07, 6.45) is -1.59. The first-order valence-electron chi connectivity index (χ1n) is 11.1. The van der Waals surface area contributed by atoms with E-state index in [0.717, 1.165) is 0 Å². The molecule has 2 amide bonds. The number of nitrogens with two attached hydrogens (primary N) is 2. The van der Waals surface area contributed by atoms with E-state index in [9.17, 15) is 14.7 Å². The van der Waals surface area contributed by atoms with Crippen LogP contribution in [0.5, 0.6) is 5.75 Å². The zero-order chi connectivity index (χ0) is 25.4. The minimum Gasteiger partial charge on any atom is -0.497 e. The van der Waals surface area contributed by atoms with Crippen LogP contribution in [0.15, 0.2) is 72.8 Å². The average molecular weight is 485 g/mol. The largest absolute Gasteiger partial charge is 0.497 e. The molecule has 0 fully saturated rings. The number of aliphatic hydroxyl groups is 1. The Labute approximate surface area is 205 Å². The Bertz CT molecular complexity index is 1590. The molecule has 0 bridgehead atoms. The lowest BCUT2D eigenvalue weighted by Gasteiger charge is -2.27. The number of carbonyl (C=O) groups excluding carboxylic acids is 2. The number of hydrogen-bond acceptors (Lipinski definition) is 6. The fraction of sp³-hybridized carbons (Fsp3) is 0.115. The van der Waals surface area contributed by atoms with E-state index in [1.165, 1.54) is 7.11 Å². The summed E-state index contributed by atoms with van der Waals surface area (Å²) in [6, 6.07) is 19.9. The van der Waals surface area contributed by atoms with Crippen LogP contribution in [0.1, 0.15) is 22.1 Å². The van der Waals surface area contributed by atoms with Gasteiger partial charge in [-0.3, -0.25) is 9.59 Å². The molecule has 10 nitrogen and oxygen atoms in total. The number of primary amides is 1. The Hall–Kier alpha value is -4.83. The van der Waals surface area contributed by atoms with E-state index >= 15 is 0 Å². The average Bonchev–Trinajstić information content (AvgIpc) is 3.44. The summed E-state index contributed by atoms with van der Waals surface area (Å²) in [6.45, 7) is 0. The zero-order valence-electron chi connectivity index (χ0n) is 19.3. The number of anilines is 2. The van der Waals surface area contributed by atoms with Gasteiger partial charge in [0.25, 0.3) is 11.8 Å². The molecule has 5 aromatic rings. The Morgan fingerprint density at radius 3 is 2.58 bits per heavy atom. The summed E-state index contributed by atoms with van der Waals surface area (Å²) in [5, 5.41) is 14.9. The Kier molecular flexibility index (Phi) is 5.79. The highest BCUT2D eigenvalue weighted by Gasteiger charge is 2.33. The number of rotatable bonds is 7. The molecule has 36 heavy (non-hydrogen) atoms. The summed E-state index contributed by atoms with van der Waals surface area (Å²) in [5.41, 5.74) is 14.5. The van der Waals surface area contributed by atoms with Crippen LogP contribution >= 0.6 is 0 Å². The van der Waals surface area contributed by atoms with E-state index in [1.807, 2.05) is 6.07 Å². The molecule has 0 saturated heterocycles. The third-order valence-corrected chi connectivity index (χ3v) is 6.06. The van der Waals surface area contributed by atoms with Crippen LogP contribution in [-0.2, 0) is 4.79 Å². The van der Waals surface area contributed by atoms with Crippen LogP contribution < -0.4 is 21.5 Å². The van der Waals surface area contributed by atoms with E-state index in [0.29, 0.717) is 38.9 Å². The molecule has 0 aliphatic heterocycles. The minimum absolute atomic E-state index is 0.147. The van der Waals surface area contributed by atoms with Crippen molar-refractivity contribution in [3.63, 3.8) is 0 Å². The predicted octanol–water partition coefficient (Wildman–Crippen LogP) is 2.80. The lowest BCUT2D eigenvalue weighted by Crippen LogP contribution is -2.38. The van der Waals surface area contributed by atoms with Crippen molar-refractivity contribution in [1.29, 1.82) is 0 Å². The predicted molar refractivity (Wildman–Crippen MR) is 137 cm³/mol. The maximum atomic E-state index is 13.3. The second-order valence-corrected chi connectivity index (χ2v) is 8.33. The minimum atomic E-state index is -1.59. The highest BCUT2D eigenvalue weighted by molar-refractivity contribution is 6.00. The molecule has 0 radical (unpaired) electrons. The van der Waals surface area contributed by atoms with Crippen molar-refractivity contribution in [1.82, 2.24) is 14.5 Å². The van der Waals surface area contributed by atoms with Crippen molar-refractivity contribution < 1.29 is 19.4 Å². The van der Waals surface area contributed by atoms with Crippen molar-refractivity contribution in [2.24, 2.45) is 5.73 Å². The second kappa shape index (κ2) is 9.08. The number of ether oxygens (including phenoxy) is 1. The van der Waals surface area contributed by atoms with Gasteiger partial charge >= 0.3 is 0 Å². The number of imidazole rings is 1. The van der Waals surface area contributed by atoms with Crippen molar-refractivity contribution in [3.05, 3.63) is 84.1 Å². The van der Waals surface area contributed by atoms with Crippen LogP contribution in [0.2, 0.25) is 0 Å². The monoisotopic (exact) mass is 484 g/mol. The summed E-state index contributed by atoms with van der Waals surface area (Å²) < 4.78 is 6.95. The van der Waals surface area contributed by atoms with Gasteiger partial charge in [-0.15, -0.1) is 0 Å². The van der Waals surface area contributed by atoms with Crippen LogP contribution in [-0.4, -0.2) is 44.7 Å². The van der Waals surface area contributed by atoms with Gasteiger partial charge in [0.05, 0.1) is 29.7 Å². The number of hydrogen-bond donors (Lipinski definition) is 5. The fourth-order valence-electron chi connectivity index (χ4n) is 4.41. The highest BCUT2D eigenvalue weighted by Crippen LogP contribution is 2.33. The van der Waals surface area contributed by atoms with E-state index in [-0.39, 0.29) is 11.6 Å². The molecular weight excluding hydrogens is 460 g/mol. The van der Waals surface area contributed by atoms with Gasteiger partial charge in [-0.05, 0) is 42.0 Å². The summed E-state index contributed by atoms with van der Waals surface area (Å²) >= 11 is 0. The maximum absolute atomic E-state index is 13.3. The standard InChI is InChI=1S/C26H24N6O4/c1-36-17-9-7-15-11-21(24(27)34)32(20(15)13-17)22(14-5-3-2-4-6-14)23(33)25(35)29-16-8-10-18-19(12-16)31-26(28)30-18/h2-13,22-23,33H,1H3,(H2,27,34)(H,29,35)(H3,28,30,31). The molecule has 3 aromatic carbocycles. The zero-order valence-corrected chi connectivity index (χ0v) is 19.3. The molecule has 2 unspecified atom stereocenters. The van der Waals surface area contributed by atoms with Gasteiger partial charge in [-0.1, -0.05) is 30.3 Å². The van der Waals surface area contributed by atoms with Gasteiger partial charge in [0, 0.05) is 17.1 Å². The molecule has 0 aliphatic carbocycles. The Morgan fingerprint density at radius 1 is 1.08 bits per heavy atom. The van der Waals surface area contributed by atoms with E-state index in [4.69, 9.17) is 16.2 Å². The molecule has 7 N–H and O–H groups in total. The first-order valence-corrected chi connectivity index (χ1v) is 11.1. The maximum Gasteiger partial charge on any atom is 0.265 e. The smallest absolute Gasteiger partial charge is 0.265 e. The summed E-state index contributed by atoms with van der Waals surface area (Å²) in [5.74, 6) is -0.556. The molecule has 10 heteroatoms. The number of benzene rings is 3. The topological polar surface area (TPSA) is 161 Å². The molecule has 5 rings (SSSR count). The number of methoxy groups -OCH3 is 1. The van der Waals surface area contributed by atoms with Gasteiger partial charge < -0.3 is 36.2 Å². The molecule has 182 valence electrons. The molecule has 2 atom stereocenters. The van der Waals surface area contributed by atoms with Crippen molar-refractivity contribution >= 4 is 45.4 Å². The van der Waals surface area contributed by atoms with Crippen LogP contribution in [0.25, 0.3) is 21.9 Å². The molecule has 2 heterocycles. The number of aliphatic hydroxyl groups excluding tert-OH is 1. The van der Waals surface area contributed by atoms with E-state index in [1.54, 1.807) is 71.3 Å². The number of aromatic nitrogens is 3. The molecular formula is C26H24N6O4. The SMILES string of the molecule is COc1ccc2cc(C(N)=O)n(C(c3ccccc3)C(O)C(=O)Nc3ccc4nc(N)[nH]c4c3)c2c1. The lowest BCUT2D eigenvalue weighted by molar-refractivity contribution is -0.125. The number of nitrogens with zero attached hydrogens (tertiary/aromatic N) is 2. The van der Waals surface area contributed by atoms with Crippen molar-refractivity contribution in [2.75, 3.05) is 18.2 Å². The first-order chi connectivity index (χ1) is 17.4.